The van der Waals surface area contributed by atoms with E-state index in [0.29, 0.717) is 18.4 Å². The molecule has 3 bridgehead atoms. The highest BCUT2D eigenvalue weighted by Gasteiger charge is 2.86. The van der Waals surface area contributed by atoms with Gasteiger partial charge in [-0.05, 0) is 61.1 Å². The summed E-state index contributed by atoms with van der Waals surface area (Å²) < 4.78 is 26.5. The van der Waals surface area contributed by atoms with E-state index in [-0.39, 0.29) is 17.4 Å². The van der Waals surface area contributed by atoms with Crippen LogP contribution in [0.4, 0.5) is 0 Å². The minimum absolute atomic E-state index is 0.00175. The van der Waals surface area contributed by atoms with Crippen molar-refractivity contribution in [1.29, 1.82) is 0 Å². The first-order chi connectivity index (χ1) is 22.2. The zero-order valence-corrected chi connectivity index (χ0v) is 28.0. The summed E-state index contributed by atoms with van der Waals surface area (Å²) in [6, 6.07) is 8.22. The molecular formula is C37H52O10. The third-order valence-electron chi connectivity index (χ3n) is 13.3. The van der Waals surface area contributed by atoms with Gasteiger partial charge in [0.15, 0.2) is 5.60 Å². The summed E-state index contributed by atoms with van der Waals surface area (Å²) in [5.41, 5.74) is -6.55. The van der Waals surface area contributed by atoms with Gasteiger partial charge in [0.2, 0.25) is 0 Å². The Kier molecular flexibility index (Phi) is 8.09. The molecule has 3 aliphatic heterocycles. The number of aliphatic hydroxyl groups is 5. The quantitative estimate of drug-likeness (QED) is 0.240. The molecule has 0 radical (unpaired) electrons. The number of ether oxygens (including phenoxy) is 4. The Hall–Kier alpha value is -1.89. The second-order valence-electron chi connectivity index (χ2n) is 15.9. The molecule has 1 aromatic rings. The topological polar surface area (TPSA) is 155 Å². The molecular weight excluding hydrogens is 604 g/mol. The minimum Gasteiger partial charge on any atom is -0.459 e. The van der Waals surface area contributed by atoms with Crippen LogP contribution in [0.5, 0.6) is 0 Å². The molecule has 0 aromatic heterocycles. The molecule has 0 unspecified atom stereocenters. The third kappa shape index (κ3) is 4.41. The molecule has 2 spiro atoms. The molecule has 6 fully saturated rings. The van der Waals surface area contributed by atoms with Crippen molar-refractivity contribution in [1.82, 2.24) is 0 Å². The van der Waals surface area contributed by atoms with E-state index < -0.39 is 89.0 Å². The van der Waals surface area contributed by atoms with Crippen molar-refractivity contribution in [3.63, 3.8) is 0 Å². The highest BCUT2D eigenvalue weighted by atomic mass is 16.9. The lowest BCUT2D eigenvalue weighted by atomic mass is 9.51. The average Bonchev–Trinajstić information content (AvgIpc) is 3.38. The molecule has 15 atom stereocenters. The molecule has 5 N–H and O–H groups in total. The van der Waals surface area contributed by atoms with Crippen LogP contribution < -0.4 is 0 Å². The zero-order valence-electron chi connectivity index (χ0n) is 28.0. The van der Waals surface area contributed by atoms with Gasteiger partial charge < -0.3 is 44.5 Å². The van der Waals surface area contributed by atoms with Crippen molar-refractivity contribution in [2.75, 3.05) is 6.61 Å². The van der Waals surface area contributed by atoms with Gasteiger partial charge in [-0.25, -0.2) is 4.79 Å². The number of rotatable bonds is 4. The van der Waals surface area contributed by atoms with E-state index in [1.165, 1.54) is 0 Å². The van der Waals surface area contributed by atoms with Gasteiger partial charge in [0, 0.05) is 18.3 Å². The van der Waals surface area contributed by atoms with E-state index in [1.54, 1.807) is 30.3 Å². The van der Waals surface area contributed by atoms with E-state index in [9.17, 15) is 30.3 Å². The van der Waals surface area contributed by atoms with Gasteiger partial charge in [-0.15, -0.1) is 0 Å². The summed E-state index contributed by atoms with van der Waals surface area (Å²) in [7, 11) is 0. The number of esters is 1. The van der Waals surface area contributed by atoms with Crippen LogP contribution in [0.3, 0.4) is 0 Å². The van der Waals surface area contributed by atoms with Crippen molar-refractivity contribution in [3.8, 4) is 0 Å². The van der Waals surface area contributed by atoms with Gasteiger partial charge in [0.25, 0.3) is 5.97 Å². The monoisotopic (exact) mass is 656 g/mol. The van der Waals surface area contributed by atoms with Gasteiger partial charge in [0.05, 0.1) is 23.4 Å². The maximum absolute atomic E-state index is 13.2. The number of carbonyl (C=O) groups excluding carboxylic acids is 1. The van der Waals surface area contributed by atoms with Gasteiger partial charge in [-0.3, -0.25) is 0 Å². The summed E-state index contributed by atoms with van der Waals surface area (Å²) in [6.45, 7) is 11.3. The molecule has 6 aliphatic rings. The smallest absolute Gasteiger partial charge is 0.338 e. The number of benzene rings is 1. The van der Waals surface area contributed by atoms with E-state index >= 15 is 0 Å². The number of carbonyl (C=O) groups is 1. The summed E-state index contributed by atoms with van der Waals surface area (Å²) >= 11 is 0. The lowest BCUT2D eigenvalue weighted by Crippen LogP contribution is -2.74. The lowest BCUT2D eigenvalue weighted by Gasteiger charge is -2.62. The summed E-state index contributed by atoms with van der Waals surface area (Å²) in [5, 5.41) is 62.7. The molecule has 0 amide bonds. The lowest BCUT2D eigenvalue weighted by molar-refractivity contribution is -0.440. The fraction of sp³-hybridized carbons (Fsp3) is 0.757. The molecule has 260 valence electrons. The van der Waals surface area contributed by atoms with Crippen LogP contribution in [0.15, 0.2) is 42.5 Å². The third-order valence-corrected chi connectivity index (χ3v) is 13.3. The Morgan fingerprint density at radius 2 is 1.66 bits per heavy atom. The van der Waals surface area contributed by atoms with Crippen LogP contribution >= 0.6 is 0 Å². The van der Waals surface area contributed by atoms with E-state index in [2.05, 4.69) is 13.5 Å². The van der Waals surface area contributed by atoms with E-state index in [1.807, 2.05) is 20.8 Å². The Morgan fingerprint density at radius 3 is 2.36 bits per heavy atom. The normalized spacial score (nSPS) is 52.1. The van der Waals surface area contributed by atoms with Crippen molar-refractivity contribution < 1.29 is 49.3 Å². The SMILES string of the molecule is C=C(C)[C@]12C[C@@H](C)[C@@]34O[C@@]5(CCCCCCC[C@@H](C)[C@H]6[C@H](C)[C@H](O)[C@@](O)([C@H](O)[C@@](O)(COC(=O)c7ccccc7)[C@@H](O)[C@H]3[C@H]1O5)[C@@H]64)O2. The van der Waals surface area contributed by atoms with Crippen molar-refractivity contribution in [2.45, 2.75) is 132 Å². The van der Waals surface area contributed by atoms with Gasteiger partial charge in [0.1, 0.15) is 30.0 Å². The molecule has 3 saturated heterocycles. The highest BCUT2D eigenvalue weighted by molar-refractivity contribution is 5.89. The molecule has 3 aliphatic carbocycles. The van der Waals surface area contributed by atoms with Crippen LogP contribution in [-0.4, -0.2) is 90.9 Å². The van der Waals surface area contributed by atoms with Gasteiger partial charge >= 0.3 is 5.97 Å². The fourth-order valence-corrected chi connectivity index (χ4v) is 11.2. The molecule has 1 aromatic carbocycles. The number of hydrogen-bond donors (Lipinski definition) is 5. The zero-order chi connectivity index (χ0) is 33.7. The molecule has 3 saturated carbocycles. The van der Waals surface area contributed by atoms with Crippen LogP contribution in [0, 0.1) is 35.5 Å². The van der Waals surface area contributed by atoms with Crippen molar-refractivity contribution >= 4 is 5.97 Å². The van der Waals surface area contributed by atoms with Gasteiger partial charge in [-0.2, -0.15) is 0 Å². The fourth-order valence-electron chi connectivity index (χ4n) is 11.2. The molecule has 10 nitrogen and oxygen atoms in total. The minimum atomic E-state index is -2.62. The summed E-state index contributed by atoms with van der Waals surface area (Å²) in [4.78, 5) is 13.2. The van der Waals surface area contributed by atoms with Crippen LogP contribution in [-0.2, 0) is 18.9 Å². The predicted molar refractivity (Wildman–Crippen MR) is 170 cm³/mol. The molecule has 7 rings (SSSR count). The maximum Gasteiger partial charge on any atom is 0.338 e. The first kappa shape index (κ1) is 33.6. The average molecular weight is 657 g/mol. The Morgan fingerprint density at radius 1 is 0.979 bits per heavy atom. The largest absolute Gasteiger partial charge is 0.459 e. The van der Waals surface area contributed by atoms with Crippen LogP contribution in [0.1, 0.15) is 89.4 Å². The Labute approximate surface area is 277 Å². The summed E-state index contributed by atoms with van der Waals surface area (Å²) in [6.07, 6.45) is 0.176. The standard InChI is InChI=1S/C37H52O10/c1-20(2)34-18-22(4)37-26-29(39)33(42,19-44-31(40)24-15-11-9-12-16-24)32(41)36(43)27(37)25(23(5)28(36)38)21(3)14-10-7-6-8-13-17-35(46-34,47-37)45-30(26)34/h9,11-12,15-16,21-23,25-30,32,38-39,41-43H,1,6-8,10,13-14,17-19H2,2-5H3/t21-,22-,23+,25+,26+,27-,28+,29+,30-,32-,33-,34-,35-,36-,37-/m1/s1. The van der Waals surface area contributed by atoms with Crippen molar-refractivity contribution in [2.24, 2.45) is 35.5 Å². The number of hydrogen-bond acceptors (Lipinski definition) is 10. The highest BCUT2D eigenvalue weighted by Crippen LogP contribution is 2.72. The van der Waals surface area contributed by atoms with Crippen LogP contribution in [0.25, 0.3) is 0 Å². The van der Waals surface area contributed by atoms with Crippen LogP contribution in [0.2, 0.25) is 0 Å². The molecule has 3 heterocycles. The number of aliphatic hydroxyl groups excluding tert-OH is 3. The first-order valence-corrected chi connectivity index (χ1v) is 17.6. The Bertz CT molecular complexity index is 1390. The molecule has 10 heteroatoms. The maximum atomic E-state index is 13.2. The van der Waals surface area contributed by atoms with Crippen molar-refractivity contribution in [3.05, 3.63) is 48.0 Å². The predicted octanol–water partition coefficient (Wildman–Crippen LogP) is 3.47. The second-order valence-corrected chi connectivity index (χ2v) is 15.9. The molecule has 47 heavy (non-hydrogen) atoms. The second kappa shape index (κ2) is 11.3. The van der Waals surface area contributed by atoms with E-state index in [4.69, 9.17) is 18.9 Å². The van der Waals surface area contributed by atoms with Gasteiger partial charge in [-0.1, -0.05) is 77.7 Å². The summed E-state index contributed by atoms with van der Waals surface area (Å²) in [5.74, 6) is -5.50. The first-order valence-electron chi connectivity index (χ1n) is 17.6. The van der Waals surface area contributed by atoms with E-state index in [0.717, 1.165) is 38.5 Å². The Balaban J connectivity index is 1.44.